The van der Waals surface area contributed by atoms with Crippen LogP contribution in [0.15, 0.2) is 235 Å². The van der Waals surface area contributed by atoms with Gasteiger partial charge in [0.05, 0.1) is 22.4 Å². The number of phenolic OH excluding ortho intramolecular Hbond substituents is 1. The highest BCUT2D eigenvalue weighted by molar-refractivity contribution is 6.18. The van der Waals surface area contributed by atoms with Crippen LogP contribution in [0.1, 0.15) is 125 Å². The van der Waals surface area contributed by atoms with Gasteiger partial charge < -0.3 is 9.52 Å². The van der Waals surface area contributed by atoms with Crippen LogP contribution < -0.4 is 0 Å². The van der Waals surface area contributed by atoms with E-state index in [4.69, 9.17) is 14.4 Å². The second-order valence-electron chi connectivity index (χ2n) is 27.9. The lowest BCUT2D eigenvalue weighted by Gasteiger charge is -2.27. The van der Waals surface area contributed by atoms with E-state index in [1.807, 2.05) is 6.07 Å². The standard InChI is InChI=1S/C89H79N3O2/c1-52(2)62-48-71(53(3)4)83(72(49-62)54(5)6)69-38-24-36-66(58-29-16-13-17-30-58)82(69)70-44-46-75-86(91-88(92(75)87-55(7)25-20-26-56(87)8)74-45-43-60-42-41-59-31-22-39-76(93)80(59)85(60)90-74)79(70)63-50-73(84-68-34-18-19-40-77(68)94-78(84)51-63)81-65(57-27-14-12-15-28-57)35-23-37-67(81)61-32-21-33-64(47-61)89(9,10)11/h12-40,43-54,93H,41-42H2,1-11H3. The van der Waals surface area contributed by atoms with Crippen molar-refractivity contribution in [2.24, 2.45) is 0 Å². The largest absolute Gasteiger partial charge is 0.507 e. The summed E-state index contributed by atoms with van der Waals surface area (Å²) in [5.41, 5.74) is 31.9. The number of imidazole rings is 1. The molecule has 5 heteroatoms. The summed E-state index contributed by atoms with van der Waals surface area (Å²) in [5, 5.41) is 13.8. The lowest BCUT2D eigenvalue weighted by atomic mass is 9.77. The molecule has 5 nitrogen and oxygen atoms in total. The van der Waals surface area contributed by atoms with E-state index in [2.05, 4.69) is 299 Å². The first-order valence-corrected chi connectivity index (χ1v) is 33.6. The molecule has 0 unspecified atom stereocenters. The molecule has 0 atom stereocenters. The fraction of sp³-hybridized carbons (Fsp3) is 0.191. The van der Waals surface area contributed by atoms with Crippen LogP contribution in [0.4, 0.5) is 0 Å². The average molecular weight is 1220 g/mol. The van der Waals surface area contributed by atoms with Gasteiger partial charge in [0.25, 0.3) is 0 Å². The van der Waals surface area contributed by atoms with E-state index in [-0.39, 0.29) is 23.0 Å². The third-order valence-electron chi connectivity index (χ3n) is 19.8. The van der Waals surface area contributed by atoms with Gasteiger partial charge in [0.1, 0.15) is 22.6 Å². The molecular formula is C89H79N3O2. The summed E-state index contributed by atoms with van der Waals surface area (Å²) < 4.78 is 9.69. The molecule has 0 fully saturated rings. The van der Waals surface area contributed by atoms with E-state index < -0.39 is 0 Å². The van der Waals surface area contributed by atoms with Crippen LogP contribution >= 0.6 is 0 Å². The van der Waals surface area contributed by atoms with E-state index in [0.29, 0.717) is 17.4 Å². The maximum atomic E-state index is 11.7. The number of pyridine rings is 1. The number of nitrogens with zero attached hydrogens (tertiary/aromatic N) is 3. The Kier molecular flexibility index (Phi) is 15.1. The number of furan rings is 1. The van der Waals surface area contributed by atoms with Gasteiger partial charge in [0, 0.05) is 21.9 Å². The van der Waals surface area contributed by atoms with Crippen molar-refractivity contribution >= 4 is 33.0 Å². The fourth-order valence-corrected chi connectivity index (χ4v) is 15.0. The highest BCUT2D eigenvalue weighted by Crippen LogP contribution is 2.54. The normalized spacial score (nSPS) is 12.4. The number of rotatable bonds is 12. The van der Waals surface area contributed by atoms with Crippen molar-refractivity contribution in [2.45, 2.75) is 112 Å². The van der Waals surface area contributed by atoms with Crippen molar-refractivity contribution in [3.8, 4) is 112 Å². The molecule has 3 heterocycles. The van der Waals surface area contributed by atoms with Crippen LogP contribution in [-0.4, -0.2) is 19.6 Å². The van der Waals surface area contributed by atoms with Gasteiger partial charge in [-0.15, -0.1) is 0 Å². The minimum Gasteiger partial charge on any atom is -0.507 e. The third-order valence-corrected chi connectivity index (χ3v) is 19.8. The van der Waals surface area contributed by atoms with Crippen LogP contribution in [0.25, 0.3) is 139 Å². The van der Waals surface area contributed by atoms with Crippen LogP contribution in [0, 0.1) is 13.8 Å². The number of benzene rings is 11. The molecular weight excluding hydrogens is 1140 g/mol. The van der Waals surface area contributed by atoms with Gasteiger partial charge in [-0.25, -0.2) is 9.97 Å². The Morgan fingerprint density at radius 1 is 0.436 bits per heavy atom. The molecule has 0 spiro atoms. The molecule has 1 N–H and O–H groups in total. The van der Waals surface area contributed by atoms with Crippen LogP contribution in [0.3, 0.4) is 0 Å². The highest BCUT2D eigenvalue weighted by atomic mass is 16.3. The topological polar surface area (TPSA) is 64.1 Å². The lowest BCUT2D eigenvalue weighted by molar-refractivity contribution is 0.476. The monoisotopic (exact) mass is 1220 g/mol. The summed E-state index contributed by atoms with van der Waals surface area (Å²) in [6.07, 6.45) is 1.65. The predicted molar refractivity (Wildman–Crippen MR) is 395 cm³/mol. The second kappa shape index (κ2) is 23.6. The first-order valence-electron chi connectivity index (χ1n) is 33.6. The molecule has 11 aromatic carbocycles. The van der Waals surface area contributed by atoms with Gasteiger partial charge in [-0.3, -0.25) is 4.57 Å². The first-order chi connectivity index (χ1) is 45.5. The van der Waals surface area contributed by atoms with Crippen molar-refractivity contribution in [3.05, 3.63) is 275 Å². The van der Waals surface area contributed by atoms with Crippen molar-refractivity contribution < 1.29 is 9.52 Å². The number of aryl methyl sites for hydroxylation is 4. The van der Waals surface area contributed by atoms with E-state index in [9.17, 15) is 5.11 Å². The molecule has 1 aliphatic carbocycles. The molecule has 14 aromatic rings. The van der Waals surface area contributed by atoms with Crippen molar-refractivity contribution in [3.63, 3.8) is 0 Å². The number of aromatic nitrogens is 3. The van der Waals surface area contributed by atoms with Gasteiger partial charge >= 0.3 is 0 Å². The van der Waals surface area contributed by atoms with E-state index in [1.165, 1.54) is 33.4 Å². The number of hydrogen-bond donors (Lipinski definition) is 1. The molecule has 0 saturated carbocycles. The summed E-state index contributed by atoms with van der Waals surface area (Å²) in [4.78, 5) is 11.8. The Balaban J connectivity index is 1.15. The predicted octanol–water partition coefficient (Wildman–Crippen LogP) is 24.4. The zero-order valence-electron chi connectivity index (χ0n) is 55.8. The molecule has 94 heavy (non-hydrogen) atoms. The van der Waals surface area contributed by atoms with E-state index in [1.54, 1.807) is 6.07 Å². The molecule has 0 amide bonds. The minimum absolute atomic E-state index is 0.0898. The second-order valence-corrected chi connectivity index (χ2v) is 27.9. The van der Waals surface area contributed by atoms with Crippen molar-refractivity contribution in [1.82, 2.24) is 14.5 Å². The molecule has 0 aliphatic heterocycles. The van der Waals surface area contributed by atoms with Gasteiger partial charge in [-0.2, -0.15) is 0 Å². The quantitative estimate of drug-likeness (QED) is 0.132. The summed E-state index contributed by atoms with van der Waals surface area (Å²) in [7, 11) is 0. The molecule has 3 aromatic heterocycles. The van der Waals surface area contributed by atoms with Crippen LogP contribution in [0.5, 0.6) is 5.75 Å². The molecule has 0 saturated heterocycles. The summed E-state index contributed by atoms with van der Waals surface area (Å²) in [6.45, 7) is 25.3. The Morgan fingerprint density at radius 2 is 1.01 bits per heavy atom. The lowest BCUT2D eigenvalue weighted by Crippen LogP contribution is -2.10. The zero-order chi connectivity index (χ0) is 64.8. The smallest absolute Gasteiger partial charge is 0.164 e. The van der Waals surface area contributed by atoms with Crippen molar-refractivity contribution in [1.29, 1.82) is 0 Å². The Hall–Kier alpha value is -10.4. The summed E-state index contributed by atoms with van der Waals surface area (Å²) >= 11 is 0. The van der Waals surface area contributed by atoms with Gasteiger partial charge in [0.15, 0.2) is 5.82 Å². The molecule has 0 bridgehead atoms. The van der Waals surface area contributed by atoms with E-state index >= 15 is 0 Å². The average Bonchev–Trinajstić information content (AvgIpc) is 1.54. The first kappa shape index (κ1) is 59.9. The number of phenols is 1. The maximum Gasteiger partial charge on any atom is 0.164 e. The molecule has 15 rings (SSSR count). The highest BCUT2D eigenvalue weighted by Gasteiger charge is 2.32. The third kappa shape index (κ3) is 10.2. The summed E-state index contributed by atoms with van der Waals surface area (Å²) in [5.74, 6) is 1.73. The van der Waals surface area contributed by atoms with Crippen LogP contribution in [0.2, 0.25) is 0 Å². The van der Waals surface area contributed by atoms with Crippen LogP contribution in [-0.2, 0) is 18.3 Å². The van der Waals surface area contributed by atoms with Gasteiger partial charge in [-0.05, 0) is 203 Å². The zero-order valence-corrected chi connectivity index (χ0v) is 55.8. The fourth-order valence-electron chi connectivity index (χ4n) is 15.0. The number of fused-ring (bicyclic) bond motifs is 7. The number of para-hydroxylation sites is 2. The maximum absolute atomic E-state index is 11.7. The molecule has 462 valence electrons. The Bertz CT molecular complexity index is 5250. The van der Waals surface area contributed by atoms with Gasteiger partial charge in [-0.1, -0.05) is 256 Å². The Labute approximate surface area is 553 Å². The Morgan fingerprint density at radius 3 is 1.67 bits per heavy atom. The number of aromatic hydroxyl groups is 1. The molecule has 0 radical (unpaired) electrons. The van der Waals surface area contributed by atoms with Gasteiger partial charge in [0.2, 0.25) is 0 Å². The number of hydrogen-bond acceptors (Lipinski definition) is 4. The van der Waals surface area contributed by atoms with Crippen molar-refractivity contribution in [2.75, 3.05) is 0 Å². The SMILES string of the molecule is Cc1cccc(C)c1-n1c(-c2ccc3c(n2)-c2c(O)cccc2CC3)nc2c(-c3cc(-c4c(-c5ccccc5)cccc4-c4cccc(C(C)(C)C)c4)c4c(c3)oc3ccccc34)c(-c3c(-c4ccccc4)cccc3-c3c(C(C)C)cc(C(C)C)cc3C(C)C)ccc21. The minimum atomic E-state index is -0.0898. The molecule has 1 aliphatic rings. The van der Waals surface area contributed by atoms with E-state index in [0.717, 1.165) is 152 Å². The summed E-state index contributed by atoms with van der Waals surface area (Å²) in [6, 6.07) is 84.5.